The number of H-pyrrole nitrogens is 1. The largest absolute Gasteiger partial charge is 0.490 e. The summed E-state index contributed by atoms with van der Waals surface area (Å²) in [6.45, 7) is 9.84. The summed E-state index contributed by atoms with van der Waals surface area (Å²) in [4.78, 5) is 8.22. The molecule has 1 aromatic heterocycles. The van der Waals surface area contributed by atoms with Gasteiger partial charge in [0.05, 0.1) is 24.2 Å². The smallest absolute Gasteiger partial charge is 0.161 e. The molecule has 0 fully saturated rings. The van der Waals surface area contributed by atoms with Gasteiger partial charge in [0.25, 0.3) is 0 Å². The van der Waals surface area contributed by atoms with E-state index in [0.29, 0.717) is 6.61 Å². The molecule has 0 radical (unpaired) electrons. The second-order valence-electron chi connectivity index (χ2n) is 8.10. The van der Waals surface area contributed by atoms with Crippen molar-refractivity contribution in [2.45, 2.75) is 72.6 Å². The van der Waals surface area contributed by atoms with Crippen LogP contribution < -0.4 is 9.47 Å². The van der Waals surface area contributed by atoms with Gasteiger partial charge in [-0.05, 0) is 68.7 Å². The van der Waals surface area contributed by atoms with E-state index in [1.165, 1.54) is 49.7 Å². The Morgan fingerprint density at radius 3 is 2.30 bits per heavy atom. The lowest BCUT2D eigenvalue weighted by atomic mass is 10.1. The fraction of sp³-hybridized carbons (Fsp3) is 0.500. The molecule has 0 atom stereocenters. The molecule has 0 unspecified atom stereocenters. The number of rotatable bonds is 12. The van der Waals surface area contributed by atoms with Gasteiger partial charge in [-0.3, -0.25) is 0 Å². The Balaban J connectivity index is 1.65. The molecule has 1 N–H and O–H groups in total. The molecule has 0 aliphatic carbocycles. The van der Waals surface area contributed by atoms with Crippen LogP contribution in [0.4, 0.5) is 0 Å². The highest BCUT2D eigenvalue weighted by molar-refractivity contribution is 5.81. The molecule has 0 spiro atoms. The van der Waals surface area contributed by atoms with E-state index in [-0.39, 0.29) is 0 Å². The molecule has 0 aliphatic rings. The van der Waals surface area contributed by atoms with E-state index in [9.17, 15) is 0 Å². The van der Waals surface area contributed by atoms with Gasteiger partial charge >= 0.3 is 0 Å². The summed E-state index contributed by atoms with van der Waals surface area (Å²) in [6, 6.07) is 10.4. The highest BCUT2D eigenvalue weighted by Crippen LogP contribution is 2.33. The number of hydrogen-bond donors (Lipinski definition) is 1. The first kappa shape index (κ1) is 22.2. The molecule has 2 aromatic carbocycles. The number of aryl methyl sites for hydroxylation is 2. The molecule has 0 bridgehead atoms. The zero-order valence-corrected chi connectivity index (χ0v) is 19.0. The summed E-state index contributed by atoms with van der Waals surface area (Å²) in [7, 11) is 0. The first-order chi connectivity index (χ1) is 14.6. The minimum atomic E-state index is 0.607. The average molecular weight is 409 g/mol. The van der Waals surface area contributed by atoms with Crippen LogP contribution in [-0.4, -0.2) is 23.2 Å². The van der Waals surface area contributed by atoms with Gasteiger partial charge in [0.15, 0.2) is 11.5 Å². The molecular weight excluding hydrogens is 372 g/mol. The van der Waals surface area contributed by atoms with Gasteiger partial charge in [-0.2, -0.15) is 0 Å². The van der Waals surface area contributed by atoms with Gasteiger partial charge in [-0.25, -0.2) is 4.98 Å². The molecular formula is C26H36N2O2. The van der Waals surface area contributed by atoms with Crippen molar-refractivity contribution in [2.75, 3.05) is 13.2 Å². The van der Waals surface area contributed by atoms with Crippen LogP contribution in [0.1, 0.15) is 69.9 Å². The van der Waals surface area contributed by atoms with Gasteiger partial charge < -0.3 is 14.5 Å². The highest BCUT2D eigenvalue weighted by Gasteiger charge is 2.12. The highest BCUT2D eigenvalue weighted by atomic mass is 16.5. The number of nitrogens with zero attached hydrogens (tertiary/aromatic N) is 1. The van der Waals surface area contributed by atoms with Crippen LogP contribution in [0.2, 0.25) is 0 Å². The predicted molar refractivity (Wildman–Crippen MR) is 126 cm³/mol. The SMILES string of the molecule is CCCCCCCCCOc1ccc(-c2nc3cc(C)c(C)cc3[nH]2)cc1OCC. The maximum Gasteiger partial charge on any atom is 0.161 e. The Bertz CT molecular complexity index is 907. The van der Waals surface area contributed by atoms with Crippen LogP contribution in [0.25, 0.3) is 22.4 Å². The van der Waals surface area contributed by atoms with Gasteiger partial charge in [-0.1, -0.05) is 45.4 Å². The van der Waals surface area contributed by atoms with Gasteiger partial charge in [-0.15, -0.1) is 0 Å². The molecule has 0 aliphatic heterocycles. The lowest BCUT2D eigenvalue weighted by molar-refractivity contribution is 0.270. The molecule has 0 saturated carbocycles. The first-order valence-electron chi connectivity index (χ1n) is 11.5. The van der Waals surface area contributed by atoms with Crippen LogP contribution >= 0.6 is 0 Å². The quantitative estimate of drug-likeness (QED) is 0.318. The summed E-state index contributed by atoms with van der Waals surface area (Å²) < 4.78 is 11.9. The number of aromatic nitrogens is 2. The van der Waals surface area contributed by atoms with E-state index in [2.05, 4.69) is 44.0 Å². The van der Waals surface area contributed by atoms with E-state index in [4.69, 9.17) is 14.5 Å². The van der Waals surface area contributed by atoms with Crippen molar-refractivity contribution in [3.05, 3.63) is 41.5 Å². The van der Waals surface area contributed by atoms with E-state index in [1.54, 1.807) is 0 Å². The van der Waals surface area contributed by atoms with E-state index < -0.39 is 0 Å². The molecule has 1 heterocycles. The summed E-state index contributed by atoms with van der Waals surface area (Å²) >= 11 is 0. The average Bonchev–Trinajstić information content (AvgIpc) is 3.14. The second kappa shape index (κ2) is 11.1. The van der Waals surface area contributed by atoms with E-state index >= 15 is 0 Å². The van der Waals surface area contributed by atoms with Crippen LogP contribution in [-0.2, 0) is 0 Å². The van der Waals surface area contributed by atoms with E-state index in [0.717, 1.165) is 46.9 Å². The molecule has 0 saturated heterocycles. The number of benzene rings is 2. The van der Waals surface area contributed by atoms with Gasteiger partial charge in [0.1, 0.15) is 5.82 Å². The molecule has 30 heavy (non-hydrogen) atoms. The Kier molecular flexibility index (Phi) is 8.18. The number of imidazole rings is 1. The zero-order chi connectivity index (χ0) is 21.3. The first-order valence-corrected chi connectivity index (χ1v) is 11.5. The van der Waals surface area contributed by atoms with Crippen molar-refractivity contribution < 1.29 is 9.47 Å². The molecule has 3 aromatic rings. The Labute approximate surface area is 181 Å². The van der Waals surface area contributed by atoms with Crippen LogP contribution in [0.5, 0.6) is 11.5 Å². The number of fused-ring (bicyclic) bond motifs is 1. The maximum atomic E-state index is 6.04. The molecule has 162 valence electrons. The van der Waals surface area contributed by atoms with Crippen LogP contribution in [0.15, 0.2) is 30.3 Å². The van der Waals surface area contributed by atoms with Crippen molar-refractivity contribution in [3.63, 3.8) is 0 Å². The van der Waals surface area contributed by atoms with Crippen molar-refractivity contribution in [3.8, 4) is 22.9 Å². The standard InChI is InChI=1S/C26H36N2O2/c1-5-7-8-9-10-11-12-15-30-24-14-13-21(18-25(24)29-6-2)26-27-22-16-19(3)20(4)17-23(22)28-26/h13-14,16-18H,5-12,15H2,1-4H3,(H,27,28). The fourth-order valence-electron chi connectivity index (χ4n) is 3.69. The zero-order valence-electron chi connectivity index (χ0n) is 19.0. The number of ether oxygens (including phenoxy) is 2. The molecule has 4 nitrogen and oxygen atoms in total. The Hall–Kier alpha value is -2.49. The summed E-state index contributed by atoms with van der Waals surface area (Å²) in [5.41, 5.74) is 5.58. The predicted octanol–water partition coefficient (Wildman–Crippen LogP) is 7.37. The molecule has 4 heteroatoms. The maximum absolute atomic E-state index is 6.04. The number of unbranched alkanes of at least 4 members (excludes halogenated alkanes) is 6. The minimum absolute atomic E-state index is 0.607. The summed E-state index contributed by atoms with van der Waals surface area (Å²) in [5, 5.41) is 0. The third kappa shape index (κ3) is 5.78. The topological polar surface area (TPSA) is 47.1 Å². The lowest BCUT2D eigenvalue weighted by Crippen LogP contribution is -2.01. The van der Waals surface area contributed by atoms with Crippen LogP contribution in [0.3, 0.4) is 0 Å². The number of hydrogen-bond acceptors (Lipinski definition) is 3. The summed E-state index contributed by atoms with van der Waals surface area (Å²) in [6.07, 6.45) is 8.95. The van der Waals surface area contributed by atoms with Crippen molar-refractivity contribution in [1.82, 2.24) is 9.97 Å². The number of aromatic amines is 1. The van der Waals surface area contributed by atoms with Crippen molar-refractivity contribution in [1.29, 1.82) is 0 Å². The number of nitrogens with one attached hydrogen (secondary N) is 1. The van der Waals surface area contributed by atoms with Crippen molar-refractivity contribution >= 4 is 11.0 Å². The van der Waals surface area contributed by atoms with E-state index in [1.807, 2.05) is 19.1 Å². The Morgan fingerprint density at radius 1 is 0.800 bits per heavy atom. The third-order valence-corrected chi connectivity index (χ3v) is 5.62. The lowest BCUT2D eigenvalue weighted by Gasteiger charge is -2.13. The van der Waals surface area contributed by atoms with Crippen LogP contribution in [0, 0.1) is 13.8 Å². The molecule has 3 rings (SSSR count). The Morgan fingerprint density at radius 2 is 1.53 bits per heavy atom. The monoisotopic (exact) mass is 408 g/mol. The fourth-order valence-corrected chi connectivity index (χ4v) is 3.69. The van der Waals surface area contributed by atoms with Gasteiger partial charge in [0, 0.05) is 5.56 Å². The molecule has 0 amide bonds. The normalized spacial score (nSPS) is 11.2. The third-order valence-electron chi connectivity index (χ3n) is 5.62. The van der Waals surface area contributed by atoms with Gasteiger partial charge in [0.2, 0.25) is 0 Å². The second-order valence-corrected chi connectivity index (χ2v) is 8.10. The minimum Gasteiger partial charge on any atom is -0.490 e. The summed E-state index contributed by atoms with van der Waals surface area (Å²) in [5.74, 6) is 2.45. The van der Waals surface area contributed by atoms with Crippen molar-refractivity contribution in [2.24, 2.45) is 0 Å².